The highest BCUT2D eigenvalue weighted by atomic mass is 35.5. The maximum absolute atomic E-state index is 13.1. The topological polar surface area (TPSA) is 85.8 Å². The van der Waals surface area contributed by atoms with Crippen molar-refractivity contribution in [3.8, 4) is 0 Å². The molecule has 3 rings (SSSR count). The highest BCUT2D eigenvalue weighted by Gasteiger charge is 2.25. The van der Waals surface area contributed by atoms with E-state index in [9.17, 15) is 14.4 Å². The van der Waals surface area contributed by atoms with Crippen molar-refractivity contribution in [1.29, 1.82) is 0 Å². The normalized spacial score (nSPS) is 10.5. The molecule has 7 nitrogen and oxygen atoms in total. The van der Waals surface area contributed by atoms with Crippen LogP contribution in [0.1, 0.15) is 38.2 Å². The van der Waals surface area contributed by atoms with Crippen LogP contribution in [0.5, 0.6) is 0 Å². The molecule has 0 aliphatic carbocycles. The van der Waals surface area contributed by atoms with Gasteiger partial charge in [-0.3, -0.25) is 9.69 Å². The van der Waals surface area contributed by atoms with E-state index in [2.05, 4.69) is 4.98 Å². The first-order valence-corrected chi connectivity index (χ1v) is 11.0. The first kappa shape index (κ1) is 23.4. The number of hydrogen-bond acceptors (Lipinski definition) is 7. The molecular weight excluding hydrogens is 452 g/mol. The monoisotopic (exact) mass is 472 g/mol. The van der Waals surface area contributed by atoms with Crippen molar-refractivity contribution in [1.82, 2.24) is 4.98 Å². The van der Waals surface area contributed by atoms with E-state index in [1.54, 1.807) is 32.0 Å². The van der Waals surface area contributed by atoms with Gasteiger partial charge in [-0.1, -0.05) is 65.4 Å². The van der Waals surface area contributed by atoms with Gasteiger partial charge in [0.1, 0.15) is 4.88 Å². The quantitative estimate of drug-likeness (QED) is 0.443. The molecule has 1 amide bonds. The Kier molecular flexibility index (Phi) is 7.97. The van der Waals surface area contributed by atoms with Crippen LogP contribution in [0.25, 0.3) is 0 Å². The number of thiazole rings is 1. The van der Waals surface area contributed by atoms with Crippen LogP contribution in [0.4, 0.5) is 5.13 Å². The molecule has 1 heterocycles. The van der Waals surface area contributed by atoms with Gasteiger partial charge in [0.15, 0.2) is 11.7 Å². The number of nitrogens with zero attached hydrogens (tertiary/aromatic N) is 2. The first-order chi connectivity index (χ1) is 15.4. The molecule has 1 aromatic heterocycles. The van der Waals surface area contributed by atoms with Gasteiger partial charge in [-0.05, 0) is 31.5 Å². The van der Waals surface area contributed by atoms with Crippen molar-refractivity contribution in [2.24, 2.45) is 0 Å². The maximum atomic E-state index is 13.1. The lowest BCUT2D eigenvalue weighted by Gasteiger charge is -2.20. The minimum absolute atomic E-state index is 0.172. The molecule has 0 bridgehead atoms. The number of amides is 1. The summed E-state index contributed by atoms with van der Waals surface area (Å²) in [6, 6.07) is 15.7. The third-order valence-corrected chi connectivity index (χ3v) is 5.87. The number of rotatable bonds is 8. The molecule has 0 aliphatic rings. The van der Waals surface area contributed by atoms with Crippen molar-refractivity contribution in [2.45, 2.75) is 20.4 Å². The molecule has 0 saturated carbocycles. The third kappa shape index (κ3) is 5.72. The van der Waals surface area contributed by atoms with Crippen LogP contribution in [-0.2, 0) is 20.8 Å². The fraction of sp³-hybridized carbons (Fsp3) is 0.217. The van der Waals surface area contributed by atoms with Crippen molar-refractivity contribution in [2.75, 3.05) is 18.1 Å². The zero-order valence-electron chi connectivity index (χ0n) is 17.5. The number of hydrogen-bond donors (Lipinski definition) is 0. The van der Waals surface area contributed by atoms with Crippen LogP contribution < -0.4 is 4.90 Å². The number of esters is 2. The SMILES string of the molecule is CCOC(=O)c1sc(N(Cc2ccccc2)C(=O)COC(=O)c2ccccc2Cl)nc1C. The first-order valence-electron chi connectivity index (χ1n) is 9.81. The number of anilines is 1. The summed E-state index contributed by atoms with van der Waals surface area (Å²) in [5.74, 6) is -1.68. The van der Waals surface area contributed by atoms with Gasteiger partial charge in [-0.15, -0.1) is 0 Å². The molecule has 0 N–H and O–H groups in total. The van der Waals surface area contributed by atoms with Crippen LogP contribution in [0.3, 0.4) is 0 Å². The molecule has 2 aromatic carbocycles. The second-order valence-electron chi connectivity index (χ2n) is 6.65. The highest BCUT2D eigenvalue weighted by Crippen LogP contribution is 2.28. The molecule has 0 saturated heterocycles. The third-order valence-electron chi connectivity index (χ3n) is 4.38. The Labute approximate surface area is 194 Å². The van der Waals surface area contributed by atoms with E-state index in [1.807, 2.05) is 30.3 Å². The number of aryl methyl sites for hydroxylation is 1. The minimum atomic E-state index is -0.703. The van der Waals surface area contributed by atoms with Crippen molar-refractivity contribution < 1.29 is 23.9 Å². The van der Waals surface area contributed by atoms with Crippen molar-refractivity contribution in [3.05, 3.63) is 81.3 Å². The average molecular weight is 473 g/mol. The molecule has 3 aromatic rings. The average Bonchev–Trinajstić information content (AvgIpc) is 3.18. The van der Waals surface area contributed by atoms with Crippen LogP contribution >= 0.6 is 22.9 Å². The summed E-state index contributed by atoms with van der Waals surface area (Å²) < 4.78 is 10.3. The number of aromatic nitrogens is 1. The van der Waals surface area contributed by atoms with Gasteiger partial charge in [0.2, 0.25) is 0 Å². The molecule has 32 heavy (non-hydrogen) atoms. The Morgan fingerprint density at radius 3 is 2.38 bits per heavy atom. The Morgan fingerprint density at radius 2 is 1.69 bits per heavy atom. The lowest BCUT2D eigenvalue weighted by atomic mass is 10.2. The van der Waals surface area contributed by atoms with Gasteiger partial charge in [0.05, 0.1) is 29.4 Å². The molecule has 0 atom stereocenters. The molecular formula is C23H21ClN2O5S. The smallest absolute Gasteiger partial charge is 0.350 e. The van der Waals surface area contributed by atoms with Crippen molar-refractivity contribution in [3.63, 3.8) is 0 Å². The summed E-state index contributed by atoms with van der Waals surface area (Å²) in [5.41, 5.74) is 1.48. The lowest BCUT2D eigenvalue weighted by molar-refractivity contribution is -0.121. The van der Waals surface area contributed by atoms with E-state index < -0.39 is 24.5 Å². The Bertz CT molecular complexity index is 1120. The highest BCUT2D eigenvalue weighted by molar-refractivity contribution is 7.17. The number of benzene rings is 2. The van der Waals surface area contributed by atoms with E-state index in [0.29, 0.717) is 15.7 Å². The zero-order valence-corrected chi connectivity index (χ0v) is 19.1. The fourth-order valence-corrected chi connectivity index (χ4v) is 4.01. The number of halogens is 1. The van der Waals surface area contributed by atoms with Crippen molar-refractivity contribution >= 4 is 45.9 Å². The summed E-state index contributed by atoms with van der Waals surface area (Å²) in [6.07, 6.45) is 0. The Hall–Kier alpha value is -3.23. The number of ether oxygens (including phenoxy) is 2. The minimum Gasteiger partial charge on any atom is -0.462 e. The molecule has 0 radical (unpaired) electrons. The van der Waals surface area contributed by atoms with Gasteiger partial charge in [0.25, 0.3) is 5.91 Å². The standard InChI is InChI=1S/C23H21ClN2O5S/c1-3-30-22(29)20-15(2)25-23(32-20)26(13-16-9-5-4-6-10-16)19(27)14-31-21(28)17-11-7-8-12-18(17)24/h4-12H,3,13-14H2,1-2H3. The molecule has 9 heteroatoms. The van der Waals surface area contributed by atoms with Gasteiger partial charge in [0, 0.05) is 0 Å². The van der Waals surface area contributed by atoms with E-state index in [1.165, 1.54) is 11.0 Å². The van der Waals surface area contributed by atoms with Crippen LogP contribution in [-0.4, -0.2) is 36.0 Å². The largest absolute Gasteiger partial charge is 0.462 e. The Balaban J connectivity index is 1.82. The fourth-order valence-electron chi connectivity index (χ4n) is 2.82. The van der Waals surface area contributed by atoms with Crippen LogP contribution in [0.2, 0.25) is 5.02 Å². The van der Waals surface area contributed by atoms with Gasteiger partial charge >= 0.3 is 11.9 Å². The van der Waals surface area contributed by atoms with Gasteiger partial charge in [-0.25, -0.2) is 14.6 Å². The summed E-state index contributed by atoms with van der Waals surface area (Å²) in [5, 5.41) is 0.550. The second-order valence-corrected chi connectivity index (χ2v) is 8.04. The summed E-state index contributed by atoms with van der Waals surface area (Å²) in [4.78, 5) is 43.7. The van der Waals surface area contributed by atoms with Crippen LogP contribution in [0.15, 0.2) is 54.6 Å². The number of carbonyl (C=O) groups is 3. The van der Waals surface area contributed by atoms with Gasteiger partial charge in [-0.2, -0.15) is 0 Å². The predicted octanol–water partition coefficient (Wildman–Crippen LogP) is 4.67. The molecule has 0 spiro atoms. The lowest BCUT2D eigenvalue weighted by Crippen LogP contribution is -2.34. The second kappa shape index (κ2) is 10.9. The predicted molar refractivity (Wildman–Crippen MR) is 122 cm³/mol. The summed E-state index contributed by atoms with van der Waals surface area (Å²) >= 11 is 7.08. The van der Waals surface area contributed by atoms with E-state index in [-0.39, 0.29) is 23.7 Å². The zero-order chi connectivity index (χ0) is 23.1. The molecule has 166 valence electrons. The molecule has 0 fully saturated rings. The van der Waals surface area contributed by atoms with E-state index >= 15 is 0 Å². The van der Waals surface area contributed by atoms with E-state index in [0.717, 1.165) is 16.9 Å². The maximum Gasteiger partial charge on any atom is 0.350 e. The van der Waals surface area contributed by atoms with Gasteiger partial charge < -0.3 is 9.47 Å². The summed E-state index contributed by atoms with van der Waals surface area (Å²) in [7, 11) is 0. The van der Waals surface area contributed by atoms with E-state index in [4.69, 9.17) is 21.1 Å². The molecule has 0 aliphatic heterocycles. The van der Waals surface area contributed by atoms with Crippen LogP contribution in [0, 0.1) is 6.92 Å². The molecule has 0 unspecified atom stereocenters. The number of carbonyl (C=O) groups excluding carboxylic acids is 3. The summed E-state index contributed by atoms with van der Waals surface area (Å²) in [6.45, 7) is 3.31. The Morgan fingerprint density at radius 1 is 1.00 bits per heavy atom.